The molecule has 0 aliphatic carbocycles. The van der Waals surface area contributed by atoms with Gasteiger partial charge in [0.05, 0.1) is 18.2 Å². The number of hydrogen-bond donors (Lipinski definition) is 2. The molecule has 0 saturated carbocycles. The summed E-state index contributed by atoms with van der Waals surface area (Å²) in [6.45, 7) is 3.75. The van der Waals surface area contributed by atoms with Crippen LogP contribution < -0.4 is 15.4 Å². The van der Waals surface area contributed by atoms with Crippen molar-refractivity contribution in [1.82, 2.24) is 15.5 Å². The number of likely N-dealkylation sites (N-methyl/N-ethyl adjacent to an activating group) is 1. The smallest absolute Gasteiger partial charge is 0.243 e. The summed E-state index contributed by atoms with van der Waals surface area (Å²) in [7, 11) is 5.04. The fraction of sp³-hybridized carbons (Fsp3) is 0.556. The minimum atomic E-state index is -0.0890. The first-order valence-electron chi connectivity index (χ1n) is 8.60. The maximum absolute atomic E-state index is 11.7. The van der Waals surface area contributed by atoms with Crippen LogP contribution in [-0.2, 0) is 9.53 Å². The number of carbonyl (C=O) groups excluding carboxylic acids is 1. The molecule has 1 aromatic rings. The third-order valence-electron chi connectivity index (χ3n) is 3.55. The highest BCUT2D eigenvalue weighted by molar-refractivity contribution is 6.32. The molecule has 0 saturated heterocycles. The van der Waals surface area contributed by atoms with Crippen molar-refractivity contribution in [1.29, 1.82) is 0 Å². The van der Waals surface area contributed by atoms with Crippen LogP contribution in [0.15, 0.2) is 29.3 Å². The fourth-order valence-electron chi connectivity index (χ4n) is 1.93. The Balaban J connectivity index is 2.64. The molecule has 0 heterocycles. The Bertz CT molecular complexity index is 581. The van der Waals surface area contributed by atoms with E-state index >= 15 is 0 Å². The minimum Gasteiger partial charge on any atom is -0.487 e. The number of aliphatic imine (C=N–C) groups is 1. The predicted octanol–water partition coefficient (Wildman–Crippen LogP) is 1.77. The standard InChI is InChI=1S/C18H29ClN4O3/c1-5-14(26-16-9-7-6-8-15(16)19)12-21-18(20-10-11-25-4)22-13-17(24)23(2)3/h6-9,14H,5,10-13H2,1-4H3,(H2,20,21,22). The lowest BCUT2D eigenvalue weighted by Crippen LogP contribution is -2.44. The number of amides is 1. The Morgan fingerprint density at radius 3 is 2.65 bits per heavy atom. The quantitative estimate of drug-likeness (QED) is 0.365. The monoisotopic (exact) mass is 384 g/mol. The molecule has 26 heavy (non-hydrogen) atoms. The molecule has 0 aliphatic heterocycles. The van der Waals surface area contributed by atoms with Crippen molar-refractivity contribution in [3.05, 3.63) is 29.3 Å². The second kappa shape index (κ2) is 12.4. The third-order valence-corrected chi connectivity index (χ3v) is 3.86. The summed E-state index contributed by atoms with van der Waals surface area (Å²) < 4.78 is 11.0. The number of ether oxygens (including phenoxy) is 2. The van der Waals surface area contributed by atoms with Gasteiger partial charge in [0.2, 0.25) is 5.91 Å². The van der Waals surface area contributed by atoms with E-state index in [9.17, 15) is 4.79 Å². The summed E-state index contributed by atoms with van der Waals surface area (Å²) in [6.07, 6.45) is 0.703. The molecule has 0 radical (unpaired) electrons. The number of nitrogens with one attached hydrogen (secondary N) is 2. The van der Waals surface area contributed by atoms with Crippen LogP contribution in [0.1, 0.15) is 13.3 Å². The second-order valence-corrected chi connectivity index (χ2v) is 6.24. The van der Waals surface area contributed by atoms with Crippen LogP contribution in [0, 0.1) is 0 Å². The lowest BCUT2D eigenvalue weighted by Gasteiger charge is -2.21. The van der Waals surface area contributed by atoms with Crippen molar-refractivity contribution >= 4 is 23.5 Å². The van der Waals surface area contributed by atoms with E-state index in [0.29, 0.717) is 36.4 Å². The maximum atomic E-state index is 11.7. The number of halogens is 1. The van der Waals surface area contributed by atoms with Crippen molar-refractivity contribution in [2.24, 2.45) is 4.99 Å². The number of para-hydroxylation sites is 1. The van der Waals surface area contributed by atoms with Gasteiger partial charge in [-0.3, -0.25) is 4.79 Å². The Labute approximate surface area is 160 Å². The van der Waals surface area contributed by atoms with Gasteiger partial charge in [-0.05, 0) is 18.6 Å². The molecule has 7 nitrogen and oxygen atoms in total. The van der Waals surface area contributed by atoms with Crippen molar-refractivity contribution in [3.8, 4) is 5.75 Å². The van der Waals surface area contributed by atoms with Crippen LogP contribution in [0.4, 0.5) is 0 Å². The molecule has 0 aromatic heterocycles. The van der Waals surface area contributed by atoms with Crippen LogP contribution in [0.5, 0.6) is 5.75 Å². The summed E-state index contributed by atoms with van der Waals surface area (Å²) in [4.78, 5) is 17.6. The zero-order valence-electron chi connectivity index (χ0n) is 15.9. The van der Waals surface area contributed by atoms with Gasteiger partial charge in [-0.25, -0.2) is 4.99 Å². The van der Waals surface area contributed by atoms with E-state index in [0.717, 1.165) is 6.42 Å². The number of guanidine groups is 1. The SMILES string of the molecule is CCC(CNC(=NCC(=O)N(C)C)NCCOC)Oc1ccccc1Cl. The first kappa shape index (κ1) is 22.1. The van der Waals surface area contributed by atoms with Crippen LogP contribution in [0.25, 0.3) is 0 Å². The lowest BCUT2D eigenvalue weighted by atomic mass is 10.2. The fourth-order valence-corrected chi connectivity index (χ4v) is 2.11. The zero-order chi connectivity index (χ0) is 19.4. The van der Waals surface area contributed by atoms with E-state index in [2.05, 4.69) is 15.6 Å². The molecule has 0 bridgehead atoms. The first-order chi connectivity index (χ1) is 12.5. The van der Waals surface area contributed by atoms with Gasteiger partial charge in [0.15, 0.2) is 5.96 Å². The Morgan fingerprint density at radius 1 is 1.31 bits per heavy atom. The van der Waals surface area contributed by atoms with Crippen molar-refractivity contribution in [3.63, 3.8) is 0 Å². The molecule has 1 aromatic carbocycles. The lowest BCUT2D eigenvalue weighted by molar-refractivity contribution is -0.127. The van der Waals surface area contributed by atoms with Gasteiger partial charge < -0.3 is 25.0 Å². The molecular weight excluding hydrogens is 356 g/mol. The Hall–Kier alpha value is -1.99. The van der Waals surface area contributed by atoms with E-state index in [4.69, 9.17) is 21.1 Å². The topological polar surface area (TPSA) is 75.2 Å². The highest BCUT2D eigenvalue weighted by atomic mass is 35.5. The molecule has 8 heteroatoms. The number of carbonyl (C=O) groups is 1. The van der Waals surface area contributed by atoms with Gasteiger partial charge in [-0.1, -0.05) is 30.7 Å². The molecule has 0 aliphatic rings. The molecular formula is C18H29ClN4O3. The van der Waals surface area contributed by atoms with Crippen LogP contribution in [-0.4, -0.2) is 70.3 Å². The Kier molecular flexibility index (Phi) is 10.5. The third kappa shape index (κ3) is 8.40. The number of rotatable bonds is 10. The summed E-state index contributed by atoms with van der Waals surface area (Å²) in [6, 6.07) is 7.38. The van der Waals surface area contributed by atoms with Gasteiger partial charge >= 0.3 is 0 Å². The number of hydrogen-bond acceptors (Lipinski definition) is 4. The van der Waals surface area contributed by atoms with Crippen LogP contribution >= 0.6 is 11.6 Å². The molecule has 1 amide bonds. The first-order valence-corrected chi connectivity index (χ1v) is 8.98. The van der Waals surface area contributed by atoms with E-state index in [1.54, 1.807) is 27.3 Å². The summed E-state index contributed by atoms with van der Waals surface area (Å²) in [5.74, 6) is 1.12. The molecule has 1 unspecified atom stereocenters. The van der Waals surface area contributed by atoms with Gasteiger partial charge in [0.1, 0.15) is 18.4 Å². The Morgan fingerprint density at radius 2 is 2.04 bits per heavy atom. The van der Waals surface area contributed by atoms with Crippen LogP contribution in [0.3, 0.4) is 0 Å². The average molecular weight is 385 g/mol. The molecule has 1 atom stereocenters. The second-order valence-electron chi connectivity index (χ2n) is 5.83. The number of benzene rings is 1. The molecule has 0 spiro atoms. The highest BCUT2D eigenvalue weighted by Crippen LogP contribution is 2.24. The van der Waals surface area contributed by atoms with E-state index in [-0.39, 0.29) is 18.6 Å². The molecule has 0 fully saturated rings. The predicted molar refractivity (Wildman–Crippen MR) is 105 cm³/mol. The minimum absolute atomic E-state index is 0.0669. The van der Waals surface area contributed by atoms with Gasteiger partial charge in [-0.2, -0.15) is 0 Å². The van der Waals surface area contributed by atoms with Gasteiger partial charge in [0.25, 0.3) is 0 Å². The largest absolute Gasteiger partial charge is 0.487 e. The normalized spacial score (nSPS) is 12.4. The maximum Gasteiger partial charge on any atom is 0.243 e. The van der Waals surface area contributed by atoms with Crippen LogP contribution in [0.2, 0.25) is 5.02 Å². The average Bonchev–Trinajstić information content (AvgIpc) is 2.63. The molecule has 1 rings (SSSR count). The number of nitrogens with zero attached hydrogens (tertiary/aromatic N) is 2. The van der Waals surface area contributed by atoms with E-state index in [1.807, 2.05) is 25.1 Å². The molecule has 2 N–H and O–H groups in total. The highest BCUT2D eigenvalue weighted by Gasteiger charge is 2.12. The van der Waals surface area contributed by atoms with Crippen molar-refractivity contribution < 1.29 is 14.3 Å². The summed E-state index contributed by atoms with van der Waals surface area (Å²) in [5, 5.41) is 6.92. The molecule has 146 valence electrons. The zero-order valence-corrected chi connectivity index (χ0v) is 16.7. The van der Waals surface area contributed by atoms with E-state index in [1.165, 1.54) is 4.90 Å². The van der Waals surface area contributed by atoms with Gasteiger partial charge in [0, 0.05) is 27.7 Å². The van der Waals surface area contributed by atoms with Crippen molar-refractivity contribution in [2.45, 2.75) is 19.4 Å². The summed E-state index contributed by atoms with van der Waals surface area (Å²) in [5.41, 5.74) is 0. The summed E-state index contributed by atoms with van der Waals surface area (Å²) >= 11 is 6.15. The number of methoxy groups -OCH3 is 1. The van der Waals surface area contributed by atoms with Gasteiger partial charge in [-0.15, -0.1) is 0 Å². The van der Waals surface area contributed by atoms with E-state index < -0.39 is 0 Å². The van der Waals surface area contributed by atoms with Crippen molar-refractivity contribution in [2.75, 3.05) is 47.4 Å².